The Morgan fingerprint density at radius 3 is 2.00 bits per heavy atom. The minimum atomic E-state index is 0.770. The highest BCUT2D eigenvalue weighted by atomic mass is 15.1. The van der Waals surface area contributed by atoms with Crippen LogP contribution in [0, 0.1) is 19.3 Å². The molecule has 1 heteroatoms. The van der Waals surface area contributed by atoms with E-state index in [1.54, 1.807) is 0 Å². The van der Waals surface area contributed by atoms with Gasteiger partial charge >= 0.3 is 0 Å². The van der Waals surface area contributed by atoms with Gasteiger partial charge in [0.25, 0.3) is 0 Å². The van der Waals surface area contributed by atoms with Crippen LogP contribution < -0.4 is 4.90 Å². The van der Waals surface area contributed by atoms with Gasteiger partial charge in [-0.15, -0.1) is 0 Å². The van der Waals surface area contributed by atoms with E-state index in [9.17, 15) is 0 Å². The molecule has 0 saturated heterocycles. The summed E-state index contributed by atoms with van der Waals surface area (Å²) < 4.78 is 0. The summed E-state index contributed by atoms with van der Waals surface area (Å²) in [6, 6.07) is 26.4. The van der Waals surface area contributed by atoms with Gasteiger partial charge in [-0.05, 0) is 49.7 Å². The molecule has 1 nitrogen and oxygen atoms in total. The monoisotopic (exact) mass is 282 g/mol. The summed E-state index contributed by atoms with van der Waals surface area (Å²) in [6.45, 7) is 2.08. The fourth-order valence-electron chi connectivity index (χ4n) is 2.47. The third kappa shape index (κ3) is 2.73. The average Bonchev–Trinajstić information content (AvgIpc) is 2.58. The Hall–Kier alpha value is -2.98. The molecule has 3 rings (SSSR count). The largest absolute Gasteiger partial charge is 0.309 e. The third-order valence-electron chi connectivity index (χ3n) is 3.59. The molecule has 0 atom stereocenters. The molecule has 0 aliphatic heterocycles. The Morgan fingerprint density at radius 1 is 0.727 bits per heavy atom. The summed E-state index contributed by atoms with van der Waals surface area (Å²) in [7, 11) is 0. The van der Waals surface area contributed by atoms with Crippen molar-refractivity contribution in [1.82, 2.24) is 0 Å². The van der Waals surface area contributed by atoms with Gasteiger partial charge in [-0.3, -0.25) is 0 Å². The highest BCUT2D eigenvalue weighted by Crippen LogP contribution is 2.36. The van der Waals surface area contributed by atoms with Crippen LogP contribution in [0.5, 0.6) is 0 Å². The van der Waals surface area contributed by atoms with Gasteiger partial charge in [-0.1, -0.05) is 53.9 Å². The molecule has 22 heavy (non-hydrogen) atoms. The molecule has 0 bridgehead atoms. The van der Waals surface area contributed by atoms with Crippen LogP contribution in [-0.4, -0.2) is 0 Å². The molecule has 0 spiro atoms. The second-order valence-corrected chi connectivity index (χ2v) is 5.15. The zero-order valence-electron chi connectivity index (χ0n) is 12.5. The number of hydrogen-bond donors (Lipinski definition) is 0. The number of benzene rings is 3. The van der Waals surface area contributed by atoms with E-state index in [0.29, 0.717) is 0 Å². The quantitative estimate of drug-likeness (QED) is 0.581. The second-order valence-electron chi connectivity index (χ2n) is 5.15. The van der Waals surface area contributed by atoms with Crippen LogP contribution in [0.15, 0.2) is 78.9 Å². The molecule has 3 aromatic carbocycles. The van der Waals surface area contributed by atoms with Gasteiger partial charge in [-0.25, -0.2) is 0 Å². The first-order valence-corrected chi connectivity index (χ1v) is 7.23. The summed E-state index contributed by atoms with van der Waals surface area (Å²) >= 11 is 0. The molecule has 0 aromatic heterocycles. The first-order chi connectivity index (χ1) is 10.8. The lowest BCUT2D eigenvalue weighted by atomic mass is 10.1. The Bertz CT molecular complexity index is 795. The summed E-state index contributed by atoms with van der Waals surface area (Å²) in [5.74, 6) is 2.54. The molecule has 0 aliphatic rings. The topological polar surface area (TPSA) is 3.24 Å². The molecule has 0 unspecified atom stereocenters. The average molecular weight is 282 g/mol. The number of aryl methyl sites for hydroxylation is 1. The van der Waals surface area contributed by atoms with Crippen molar-refractivity contribution in [3.63, 3.8) is 0 Å². The predicted octanol–water partition coefficient (Wildman–Crippen LogP) is 5.40. The second kappa shape index (κ2) is 6.20. The number of para-hydroxylation sites is 2. The van der Waals surface area contributed by atoms with E-state index in [2.05, 4.69) is 54.1 Å². The standard InChI is InChI=1S/C21H16N/c1-3-18-9-7-8-12-21(18)22(19-10-5-4-6-11-19)20-15-13-17(2)14-16-20/h4-16H,2H3. The maximum absolute atomic E-state index is 7.56. The number of anilines is 3. The molecule has 0 aliphatic carbocycles. The van der Waals surface area contributed by atoms with Crippen LogP contribution in [0.3, 0.4) is 0 Å². The van der Waals surface area contributed by atoms with Crippen LogP contribution in [0.1, 0.15) is 11.1 Å². The minimum Gasteiger partial charge on any atom is -0.309 e. The van der Waals surface area contributed by atoms with E-state index in [-0.39, 0.29) is 0 Å². The van der Waals surface area contributed by atoms with Gasteiger partial charge in [0, 0.05) is 16.9 Å². The maximum Gasteiger partial charge on any atom is 0.0618 e. The predicted molar refractivity (Wildman–Crippen MR) is 92.1 cm³/mol. The summed E-state index contributed by atoms with van der Waals surface area (Å²) in [4.78, 5) is 2.15. The Kier molecular flexibility index (Phi) is 3.94. The van der Waals surface area contributed by atoms with Gasteiger partial charge in [0.1, 0.15) is 0 Å². The molecule has 3 aromatic rings. The fraction of sp³-hybridized carbons (Fsp3) is 0.0476. The Labute approximate surface area is 131 Å². The van der Waals surface area contributed by atoms with Crippen molar-refractivity contribution >= 4 is 17.1 Å². The first kappa shape index (κ1) is 14.0. The van der Waals surface area contributed by atoms with Gasteiger partial charge in [0.15, 0.2) is 0 Å². The molecule has 0 saturated carbocycles. The Balaban J connectivity index is 2.20. The lowest BCUT2D eigenvalue weighted by molar-refractivity contribution is 1.27. The molecule has 0 fully saturated rings. The number of rotatable bonds is 3. The van der Waals surface area contributed by atoms with E-state index in [1.165, 1.54) is 5.56 Å². The van der Waals surface area contributed by atoms with Crippen LogP contribution >= 0.6 is 0 Å². The van der Waals surface area contributed by atoms with Gasteiger partial charge in [-0.2, -0.15) is 0 Å². The van der Waals surface area contributed by atoms with E-state index < -0.39 is 0 Å². The van der Waals surface area contributed by atoms with Gasteiger partial charge < -0.3 is 4.90 Å². The SMILES string of the molecule is [C]#Cc1ccccc1N(c1ccccc1)c1ccc(C)cc1. The molecular weight excluding hydrogens is 266 g/mol. The molecule has 0 amide bonds. The summed E-state index contributed by atoms with van der Waals surface area (Å²) in [5, 5.41) is 0. The van der Waals surface area contributed by atoms with Crippen LogP contribution in [0.4, 0.5) is 17.1 Å². The van der Waals surface area contributed by atoms with Crippen molar-refractivity contribution in [3.8, 4) is 5.92 Å². The summed E-state index contributed by atoms with van der Waals surface area (Å²) in [6.07, 6.45) is 7.56. The highest BCUT2D eigenvalue weighted by Gasteiger charge is 2.14. The molecule has 0 N–H and O–H groups in total. The van der Waals surface area contributed by atoms with E-state index >= 15 is 0 Å². The summed E-state index contributed by atoms with van der Waals surface area (Å²) in [5.41, 5.74) is 5.08. The lowest BCUT2D eigenvalue weighted by Gasteiger charge is -2.26. The smallest absolute Gasteiger partial charge is 0.0618 e. The zero-order chi connectivity index (χ0) is 15.4. The highest BCUT2D eigenvalue weighted by molar-refractivity contribution is 5.79. The van der Waals surface area contributed by atoms with Crippen molar-refractivity contribution in [3.05, 3.63) is 96.4 Å². The molecule has 0 heterocycles. The number of nitrogens with zero attached hydrogens (tertiary/aromatic N) is 1. The van der Waals surface area contributed by atoms with E-state index in [1.807, 2.05) is 42.5 Å². The Morgan fingerprint density at radius 2 is 1.32 bits per heavy atom. The zero-order valence-corrected chi connectivity index (χ0v) is 12.5. The minimum absolute atomic E-state index is 0.770. The maximum atomic E-state index is 7.56. The van der Waals surface area contributed by atoms with Crippen molar-refractivity contribution < 1.29 is 0 Å². The van der Waals surface area contributed by atoms with Crippen molar-refractivity contribution in [2.24, 2.45) is 0 Å². The lowest BCUT2D eigenvalue weighted by Crippen LogP contribution is -2.11. The van der Waals surface area contributed by atoms with Crippen molar-refractivity contribution in [2.45, 2.75) is 6.92 Å². The number of hydrogen-bond acceptors (Lipinski definition) is 1. The van der Waals surface area contributed by atoms with Crippen molar-refractivity contribution in [1.29, 1.82) is 0 Å². The first-order valence-electron chi connectivity index (χ1n) is 7.23. The molecular formula is C21H16N. The normalized spacial score (nSPS) is 10.0. The van der Waals surface area contributed by atoms with Crippen LogP contribution in [0.2, 0.25) is 0 Å². The third-order valence-corrected chi connectivity index (χ3v) is 3.59. The van der Waals surface area contributed by atoms with Crippen LogP contribution in [-0.2, 0) is 0 Å². The molecule has 1 radical (unpaired) electrons. The fourth-order valence-corrected chi connectivity index (χ4v) is 2.47. The van der Waals surface area contributed by atoms with Crippen LogP contribution in [0.25, 0.3) is 0 Å². The van der Waals surface area contributed by atoms with Gasteiger partial charge in [0.05, 0.1) is 5.69 Å². The molecule has 105 valence electrons. The van der Waals surface area contributed by atoms with Gasteiger partial charge in [0.2, 0.25) is 0 Å². The van der Waals surface area contributed by atoms with E-state index in [0.717, 1.165) is 22.6 Å². The van der Waals surface area contributed by atoms with E-state index in [4.69, 9.17) is 6.42 Å². The van der Waals surface area contributed by atoms with Crippen molar-refractivity contribution in [2.75, 3.05) is 4.90 Å².